The van der Waals surface area contributed by atoms with Crippen LogP contribution in [0.5, 0.6) is 0 Å². The van der Waals surface area contributed by atoms with Crippen molar-refractivity contribution in [1.82, 2.24) is 20.6 Å². The van der Waals surface area contributed by atoms with E-state index in [1.54, 1.807) is 0 Å². The molecule has 12 heteroatoms. The van der Waals surface area contributed by atoms with Gasteiger partial charge in [-0.05, 0) is 65.5 Å². The molecule has 0 saturated heterocycles. The van der Waals surface area contributed by atoms with Crippen molar-refractivity contribution >= 4 is 23.6 Å². The lowest BCUT2D eigenvalue weighted by atomic mass is 9.86. The number of nitrogens with zero attached hydrogens (tertiary/aromatic N) is 2. The van der Waals surface area contributed by atoms with Crippen molar-refractivity contribution in [3.8, 4) is 0 Å². The number of amides is 2. The monoisotopic (exact) mass is 714 g/mol. The van der Waals surface area contributed by atoms with Crippen LogP contribution in [0.15, 0.2) is 85.2 Å². The van der Waals surface area contributed by atoms with Gasteiger partial charge in [-0.1, -0.05) is 60.7 Å². The molecule has 0 saturated carbocycles. The number of anilines is 2. The van der Waals surface area contributed by atoms with E-state index >= 15 is 0 Å². The SMILES string of the molecule is CC(C)(C)OC(=O)N[C@H](c1ccccc1)[C@@H]1CNc2cc(F)cnc2C1.CC(C)(C)OC(=O)N[C@H](c1ccccc1)[C@H]1CNc2cc(F)cnc2C1. The fourth-order valence-electron chi connectivity index (χ4n) is 6.30. The van der Waals surface area contributed by atoms with E-state index in [-0.39, 0.29) is 35.6 Å². The van der Waals surface area contributed by atoms with Gasteiger partial charge in [0, 0.05) is 37.1 Å². The predicted molar refractivity (Wildman–Crippen MR) is 197 cm³/mol. The molecular weight excluding hydrogens is 666 g/mol. The predicted octanol–water partition coefficient (Wildman–Crippen LogP) is 8.14. The fraction of sp³-hybridized carbons (Fsp3) is 0.400. The van der Waals surface area contributed by atoms with Gasteiger partial charge in [0.2, 0.25) is 0 Å². The van der Waals surface area contributed by atoms with E-state index in [2.05, 4.69) is 31.2 Å². The highest BCUT2D eigenvalue weighted by Crippen LogP contribution is 2.33. The van der Waals surface area contributed by atoms with Crippen molar-refractivity contribution in [2.24, 2.45) is 11.8 Å². The number of nitrogens with one attached hydrogen (secondary N) is 4. The summed E-state index contributed by atoms with van der Waals surface area (Å²) in [6, 6.07) is 22.0. The van der Waals surface area contributed by atoms with Crippen LogP contribution in [-0.4, -0.2) is 46.4 Å². The topological polar surface area (TPSA) is 127 Å². The molecule has 4 aromatic rings. The second-order valence-corrected chi connectivity index (χ2v) is 15.1. The summed E-state index contributed by atoms with van der Waals surface area (Å²) in [5, 5.41) is 12.5. The van der Waals surface area contributed by atoms with E-state index in [0.717, 1.165) is 22.5 Å². The van der Waals surface area contributed by atoms with Crippen molar-refractivity contribution in [2.45, 2.75) is 77.7 Å². The molecule has 0 bridgehead atoms. The van der Waals surface area contributed by atoms with E-state index in [1.165, 1.54) is 24.5 Å². The van der Waals surface area contributed by atoms with Gasteiger partial charge in [0.15, 0.2) is 0 Å². The number of hydrogen-bond donors (Lipinski definition) is 4. The molecule has 2 aliphatic rings. The molecule has 0 spiro atoms. The summed E-state index contributed by atoms with van der Waals surface area (Å²) in [5.41, 5.74) is 3.88. The summed E-state index contributed by atoms with van der Waals surface area (Å²) in [7, 11) is 0. The smallest absolute Gasteiger partial charge is 0.408 e. The first kappa shape index (κ1) is 38.0. The van der Waals surface area contributed by atoms with Crippen LogP contribution in [0.25, 0.3) is 0 Å². The Hall–Kier alpha value is -5.26. The second-order valence-electron chi connectivity index (χ2n) is 15.1. The molecule has 10 nitrogen and oxygen atoms in total. The van der Waals surface area contributed by atoms with Gasteiger partial charge in [-0.25, -0.2) is 18.4 Å². The lowest BCUT2D eigenvalue weighted by Gasteiger charge is -2.33. The number of ether oxygens (including phenoxy) is 2. The third kappa shape index (κ3) is 10.9. The van der Waals surface area contributed by atoms with Crippen molar-refractivity contribution < 1.29 is 27.8 Å². The number of pyridine rings is 2. The van der Waals surface area contributed by atoms with Crippen LogP contribution in [0.2, 0.25) is 0 Å². The lowest BCUT2D eigenvalue weighted by Crippen LogP contribution is -2.41. The van der Waals surface area contributed by atoms with Crippen LogP contribution in [0, 0.1) is 23.5 Å². The molecule has 0 fully saturated rings. The quantitative estimate of drug-likeness (QED) is 0.158. The van der Waals surface area contributed by atoms with Crippen LogP contribution < -0.4 is 21.3 Å². The molecule has 0 radical (unpaired) electrons. The summed E-state index contributed by atoms with van der Waals surface area (Å²) in [6.07, 6.45) is 2.81. The van der Waals surface area contributed by atoms with Crippen molar-refractivity contribution in [3.05, 3.63) is 119 Å². The van der Waals surface area contributed by atoms with Gasteiger partial charge in [0.05, 0.1) is 47.2 Å². The zero-order valence-corrected chi connectivity index (χ0v) is 30.5. The van der Waals surface area contributed by atoms with Gasteiger partial charge < -0.3 is 30.7 Å². The molecule has 4 N–H and O–H groups in total. The number of hydrogen-bond acceptors (Lipinski definition) is 8. The summed E-state index contributed by atoms with van der Waals surface area (Å²) in [5.74, 6) is -0.590. The number of fused-ring (bicyclic) bond motifs is 2. The summed E-state index contributed by atoms with van der Waals surface area (Å²) < 4.78 is 37.6. The first-order valence-corrected chi connectivity index (χ1v) is 17.5. The van der Waals surface area contributed by atoms with Crippen LogP contribution in [0.3, 0.4) is 0 Å². The number of carbonyl (C=O) groups excluding carboxylic acids is 2. The first-order valence-electron chi connectivity index (χ1n) is 17.5. The molecule has 2 aromatic carbocycles. The van der Waals surface area contributed by atoms with Gasteiger partial charge in [-0.2, -0.15) is 0 Å². The molecule has 4 atom stereocenters. The standard InChI is InChI=1S/2C20H24FN3O2/c2*1-20(2,3)26-19(25)24-18(13-7-5-4-6-8-13)14-9-16-17(22-11-14)10-15(21)12-23-16/h2*4-8,10,12,14,18,22H,9,11H2,1-3H3,(H,24,25)/t14-,18+;14-,18-/m01/s1. The molecule has 6 rings (SSSR count). The second kappa shape index (κ2) is 16.4. The molecule has 0 aliphatic carbocycles. The highest BCUT2D eigenvalue weighted by molar-refractivity contribution is 5.69. The Morgan fingerprint density at radius 2 is 1.04 bits per heavy atom. The number of benzene rings is 2. The zero-order chi connectivity index (χ0) is 37.5. The maximum Gasteiger partial charge on any atom is 0.408 e. The fourth-order valence-corrected chi connectivity index (χ4v) is 6.30. The third-order valence-corrected chi connectivity index (χ3v) is 8.50. The van der Waals surface area contributed by atoms with Crippen LogP contribution in [0.4, 0.5) is 29.7 Å². The van der Waals surface area contributed by atoms with E-state index < -0.39 is 23.4 Å². The minimum Gasteiger partial charge on any atom is -0.444 e. The summed E-state index contributed by atoms with van der Waals surface area (Å²) >= 11 is 0. The largest absolute Gasteiger partial charge is 0.444 e. The average Bonchev–Trinajstić information content (AvgIpc) is 3.09. The number of halogens is 2. The van der Waals surface area contributed by atoms with Gasteiger partial charge in [0.1, 0.15) is 22.8 Å². The molecule has 2 aliphatic heterocycles. The van der Waals surface area contributed by atoms with Gasteiger partial charge in [-0.3, -0.25) is 9.97 Å². The highest BCUT2D eigenvalue weighted by Gasteiger charge is 2.32. The lowest BCUT2D eigenvalue weighted by molar-refractivity contribution is 0.0474. The molecule has 2 amide bonds. The maximum absolute atomic E-state index is 13.4. The molecule has 2 aromatic heterocycles. The van der Waals surface area contributed by atoms with Gasteiger partial charge in [-0.15, -0.1) is 0 Å². The number of rotatable bonds is 6. The van der Waals surface area contributed by atoms with E-state index in [4.69, 9.17) is 9.47 Å². The minimum atomic E-state index is -0.568. The van der Waals surface area contributed by atoms with Crippen LogP contribution in [-0.2, 0) is 22.3 Å². The van der Waals surface area contributed by atoms with Crippen molar-refractivity contribution in [1.29, 1.82) is 0 Å². The highest BCUT2D eigenvalue weighted by atomic mass is 19.1. The molecule has 276 valence electrons. The van der Waals surface area contributed by atoms with Crippen molar-refractivity contribution in [3.63, 3.8) is 0 Å². The van der Waals surface area contributed by atoms with Crippen molar-refractivity contribution in [2.75, 3.05) is 23.7 Å². The Morgan fingerprint density at radius 3 is 1.38 bits per heavy atom. The van der Waals surface area contributed by atoms with Gasteiger partial charge >= 0.3 is 12.2 Å². The molecule has 4 heterocycles. The number of alkyl carbamates (subject to hydrolysis) is 2. The van der Waals surface area contributed by atoms with Gasteiger partial charge in [0.25, 0.3) is 0 Å². The molecule has 0 unspecified atom stereocenters. The molecular formula is C40H48F2N6O4. The maximum atomic E-state index is 13.4. The normalized spacial score (nSPS) is 17.6. The number of carbonyl (C=O) groups is 2. The third-order valence-electron chi connectivity index (χ3n) is 8.50. The Labute approximate surface area is 304 Å². The van der Waals surface area contributed by atoms with E-state index in [1.807, 2.05) is 102 Å². The van der Waals surface area contributed by atoms with Crippen LogP contribution >= 0.6 is 0 Å². The Balaban J connectivity index is 0.000000201. The van der Waals surface area contributed by atoms with E-state index in [0.29, 0.717) is 37.3 Å². The Kier molecular flexibility index (Phi) is 12.0. The number of aromatic nitrogens is 2. The Bertz CT molecular complexity index is 1680. The minimum absolute atomic E-state index is 0.0652. The first-order chi connectivity index (χ1) is 24.6. The molecule has 52 heavy (non-hydrogen) atoms. The zero-order valence-electron chi connectivity index (χ0n) is 30.5. The van der Waals surface area contributed by atoms with Crippen LogP contribution in [0.1, 0.15) is 76.1 Å². The summed E-state index contributed by atoms with van der Waals surface area (Å²) in [6.45, 7) is 12.2. The summed E-state index contributed by atoms with van der Waals surface area (Å²) in [4.78, 5) is 33.1. The average molecular weight is 715 g/mol. The Morgan fingerprint density at radius 1 is 0.673 bits per heavy atom. The van der Waals surface area contributed by atoms with E-state index in [9.17, 15) is 18.4 Å².